The number of hydrogen-bond acceptors (Lipinski definition) is 6. The normalized spacial score (nSPS) is 11.8. The average molecular weight is 294 g/mol. The molecule has 7 heteroatoms. The van der Waals surface area contributed by atoms with Gasteiger partial charge in [-0.25, -0.2) is 9.97 Å². The van der Waals surface area contributed by atoms with Gasteiger partial charge in [-0.3, -0.25) is 4.79 Å². The van der Waals surface area contributed by atoms with Crippen molar-refractivity contribution in [1.82, 2.24) is 15.3 Å². The lowest BCUT2D eigenvalue weighted by Crippen LogP contribution is -2.34. The standard InChI is InChI=1S/C13H18N4O2S/c1-13(2,3-6-18)7-17-11(19)10-8(14)9-12(20-10)16-5-4-15-9/h4-5,18H,3,6-7,14H2,1-2H3,(H,17,19). The van der Waals surface area contributed by atoms with E-state index in [2.05, 4.69) is 15.3 Å². The van der Waals surface area contributed by atoms with Crippen LogP contribution in [0.3, 0.4) is 0 Å². The van der Waals surface area contributed by atoms with Crippen LogP contribution in [-0.2, 0) is 0 Å². The number of carbonyl (C=O) groups is 1. The van der Waals surface area contributed by atoms with Crippen molar-refractivity contribution in [3.8, 4) is 0 Å². The van der Waals surface area contributed by atoms with E-state index in [9.17, 15) is 4.79 Å². The monoisotopic (exact) mass is 294 g/mol. The average Bonchev–Trinajstić information content (AvgIpc) is 2.74. The molecule has 2 heterocycles. The van der Waals surface area contributed by atoms with Crippen LogP contribution in [0.4, 0.5) is 5.69 Å². The van der Waals surface area contributed by atoms with Gasteiger partial charge in [0.15, 0.2) is 0 Å². The third kappa shape index (κ3) is 3.05. The number of nitrogen functional groups attached to an aromatic ring is 1. The van der Waals surface area contributed by atoms with Crippen molar-refractivity contribution in [2.45, 2.75) is 20.3 Å². The maximum atomic E-state index is 12.2. The summed E-state index contributed by atoms with van der Waals surface area (Å²) < 4.78 is 0. The number of rotatable bonds is 5. The molecule has 1 amide bonds. The Morgan fingerprint density at radius 2 is 2.15 bits per heavy atom. The van der Waals surface area contributed by atoms with Crippen LogP contribution in [0.15, 0.2) is 12.4 Å². The largest absolute Gasteiger partial charge is 0.396 e. The Kier molecular flexibility index (Phi) is 4.20. The van der Waals surface area contributed by atoms with Crippen LogP contribution in [0.1, 0.15) is 29.9 Å². The van der Waals surface area contributed by atoms with Gasteiger partial charge in [0.05, 0.1) is 5.69 Å². The minimum Gasteiger partial charge on any atom is -0.396 e. The number of fused-ring (bicyclic) bond motifs is 1. The molecular formula is C13H18N4O2S. The second kappa shape index (κ2) is 5.72. The Balaban J connectivity index is 2.14. The Morgan fingerprint density at radius 1 is 1.45 bits per heavy atom. The molecule has 0 aliphatic heterocycles. The highest BCUT2D eigenvalue weighted by Crippen LogP contribution is 2.30. The Bertz CT molecular complexity index is 624. The molecule has 0 radical (unpaired) electrons. The number of aliphatic hydroxyl groups is 1. The molecule has 0 aliphatic carbocycles. The molecule has 0 saturated heterocycles. The quantitative estimate of drug-likeness (QED) is 0.774. The summed E-state index contributed by atoms with van der Waals surface area (Å²) in [5, 5.41) is 11.8. The van der Waals surface area contributed by atoms with Crippen LogP contribution in [0.5, 0.6) is 0 Å². The van der Waals surface area contributed by atoms with Gasteiger partial charge in [0.1, 0.15) is 15.2 Å². The lowest BCUT2D eigenvalue weighted by molar-refractivity contribution is 0.0933. The number of aliphatic hydroxyl groups excluding tert-OH is 1. The number of aromatic nitrogens is 2. The zero-order chi connectivity index (χ0) is 14.8. The number of carbonyl (C=O) groups excluding carboxylic acids is 1. The Morgan fingerprint density at radius 3 is 2.80 bits per heavy atom. The molecule has 2 rings (SSSR count). The third-order valence-corrected chi connectivity index (χ3v) is 4.19. The second-order valence-corrected chi connectivity index (χ2v) is 6.37. The molecule has 0 atom stereocenters. The van der Waals surface area contributed by atoms with Gasteiger partial charge in [0.2, 0.25) is 0 Å². The molecule has 0 fully saturated rings. The molecule has 20 heavy (non-hydrogen) atoms. The first-order valence-electron chi connectivity index (χ1n) is 6.32. The van der Waals surface area contributed by atoms with Crippen LogP contribution in [0.25, 0.3) is 10.3 Å². The third-order valence-electron chi connectivity index (χ3n) is 3.09. The van der Waals surface area contributed by atoms with Gasteiger partial charge in [-0.1, -0.05) is 13.8 Å². The highest BCUT2D eigenvalue weighted by atomic mass is 32.1. The van der Waals surface area contributed by atoms with Gasteiger partial charge in [-0.2, -0.15) is 0 Å². The molecule has 2 aromatic rings. The fourth-order valence-electron chi connectivity index (χ4n) is 1.80. The van der Waals surface area contributed by atoms with E-state index in [0.717, 1.165) is 0 Å². The highest BCUT2D eigenvalue weighted by molar-refractivity contribution is 7.21. The summed E-state index contributed by atoms with van der Waals surface area (Å²) in [7, 11) is 0. The molecule has 4 N–H and O–H groups in total. The van der Waals surface area contributed by atoms with E-state index in [1.54, 1.807) is 12.4 Å². The van der Waals surface area contributed by atoms with Crippen molar-refractivity contribution in [1.29, 1.82) is 0 Å². The summed E-state index contributed by atoms with van der Waals surface area (Å²) in [5.41, 5.74) is 6.72. The lowest BCUT2D eigenvalue weighted by atomic mass is 9.90. The maximum absolute atomic E-state index is 12.2. The van der Waals surface area contributed by atoms with E-state index in [1.165, 1.54) is 11.3 Å². The van der Waals surface area contributed by atoms with Gasteiger partial charge in [-0.05, 0) is 11.8 Å². The molecule has 0 spiro atoms. The summed E-state index contributed by atoms with van der Waals surface area (Å²) >= 11 is 1.24. The van der Waals surface area contributed by atoms with Crippen LogP contribution >= 0.6 is 11.3 Å². The van der Waals surface area contributed by atoms with E-state index >= 15 is 0 Å². The lowest BCUT2D eigenvalue weighted by Gasteiger charge is -2.23. The molecule has 0 bridgehead atoms. The van der Waals surface area contributed by atoms with E-state index in [-0.39, 0.29) is 17.9 Å². The molecular weight excluding hydrogens is 276 g/mol. The van der Waals surface area contributed by atoms with Crippen LogP contribution in [0.2, 0.25) is 0 Å². The summed E-state index contributed by atoms with van der Waals surface area (Å²) in [6.45, 7) is 4.55. The van der Waals surface area contributed by atoms with Crippen molar-refractivity contribution in [2.24, 2.45) is 5.41 Å². The molecule has 108 valence electrons. The van der Waals surface area contributed by atoms with Crippen molar-refractivity contribution in [3.63, 3.8) is 0 Å². The minimum atomic E-state index is -0.224. The number of thiophene rings is 1. The van der Waals surface area contributed by atoms with Crippen molar-refractivity contribution >= 4 is 33.3 Å². The molecule has 0 saturated carbocycles. The van der Waals surface area contributed by atoms with E-state index in [4.69, 9.17) is 10.8 Å². The van der Waals surface area contributed by atoms with Crippen LogP contribution in [-0.4, -0.2) is 34.1 Å². The van der Waals surface area contributed by atoms with Gasteiger partial charge < -0.3 is 16.2 Å². The fourth-order valence-corrected chi connectivity index (χ4v) is 2.74. The second-order valence-electron chi connectivity index (χ2n) is 5.38. The Labute approximate surface area is 121 Å². The summed E-state index contributed by atoms with van der Waals surface area (Å²) in [6, 6.07) is 0. The van der Waals surface area contributed by atoms with Gasteiger partial charge in [0, 0.05) is 25.5 Å². The summed E-state index contributed by atoms with van der Waals surface area (Å²) in [4.78, 5) is 21.6. The zero-order valence-corrected chi connectivity index (χ0v) is 12.3. The topological polar surface area (TPSA) is 101 Å². The smallest absolute Gasteiger partial charge is 0.263 e. The van der Waals surface area contributed by atoms with Crippen molar-refractivity contribution in [2.75, 3.05) is 18.9 Å². The highest BCUT2D eigenvalue weighted by Gasteiger charge is 2.22. The van der Waals surface area contributed by atoms with Crippen LogP contribution < -0.4 is 11.1 Å². The number of nitrogens with zero attached hydrogens (tertiary/aromatic N) is 2. The van der Waals surface area contributed by atoms with E-state index in [0.29, 0.717) is 33.9 Å². The number of nitrogens with one attached hydrogen (secondary N) is 1. The van der Waals surface area contributed by atoms with Gasteiger partial charge in [0.25, 0.3) is 5.91 Å². The van der Waals surface area contributed by atoms with Crippen LogP contribution in [0, 0.1) is 5.41 Å². The van der Waals surface area contributed by atoms with Gasteiger partial charge >= 0.3 is 0 Å². The Hall–Kier alpha value is -1.73. The first kappa shape index (κ1) is 14.7. The number of amides is 1. The predicted molar refractivity (Wildman–Crippen MR) is 79.6 cm³/mol. The summed E-state index contributed by atoms with van der Waals surface area (Å²) in [6.07, 6.45) is 3.75. The fraction of sp³-hybridized carbons (Fsp3) is 0.462. The molecule has 2 aromatic heterocycles. The summed E-state index contributed by atoms with van der Waals surface area (Å²) in [5.74, 6) is -0.224. The van der Waals surface area contributed by atoms with E-state index in [1.807, 2.05) is 13.8 Å². The maximum Gasteiger partial charge on any atom is 0.263 e. The first-order chi connectivity index (χ1) is 9.44. The molecule has 0 unspecified atom stereocenters. The van der Waals surface area contributed by atoms with Crippen molar-refractivity contribution in [3.05, 3.63) is 17.3 Å². The van der Waals surface area contributed by atoms with Gasteiger partial charge in [-0.15, -0.1) is 11.3 Å². The number of hydrogen-bond donors (Lipinski definition) is 3. The zero-order valence-electron chi connectivity index (χ0n) is 11.5. The number of nitrogens with two attached hydrogens (primary N) is 1. The van der Waals surface area contributed by atoms with E-state index < -0.39 is 0 Å². The number of anilines is 1. The van der Waals surface area contributed by atoms with Crippen molar-refractivity contribution < 1.29 is 9.90 Å². The minimum absolute atomic E-state index is 0.0989. The molecule has 0 aliphatic rings. The molecule has 0 aromatic carbocycles. The SMILES string of the molecule is CC(C)(CCO)CNC(=O)c1sc2nccnc2c1N. The molecule has 6 nitrogen and oxygen atoms in total. The first-order valence-corrected chi connectivity index (χ1v) is 7.14. The predicted octanol–water partition coefficient (Wildman–Crippen LogP) is 1.41.